The first-order chi connectivity index (χ1) is 9.78. The molecule has 2 rings (SSSR count). The molecule has 1 unspecified atom stereocenters. The Balaban J connectivity index is 1.63. The Kier molecular flexibility index (Phi) is 6.55. The van der Waals surface area contributed by atoms with Crippen LogP contribution in [0.25, 0.3) is 0 Å². The number of nitrogens with zero attached hydrogens (tertiary/aromatic N) is 1. The predicted molar refractivity (Wildman–Crippen MR) is 86.5 cm³/mol. The van der Waals surface area contributed by atoms with Crippen LogP contribution in [-0.2, 0) is 6.54 Å². The number of likely N-dealkylation sites (tertiary alicyclic amines) is 1. The van der Waals surface area contributed by atoms with E-state index < -0.39 is 0 Å². The minimum atomic E-state index is 0.702. The van der Waals surface area contributed by atoms with Crippen LogP contribution in [0.2, 0.25) is 0 Å². The molecule has 1 fully saturated rings. The van der Waals surface area contributed by atoms with Crippen molar-refractivity contribution in [3.8, 4) is 0 Å². The number of benzene rings is 1. The molecule has 1 saturated heterocycles. The zero-order valence-corrected chi connectivity index (χ0v) is 12.9. The molecule has 1 aliphatic rings. The summed E-state index contributed by atoms with van der Waals surface area (Å²) in [5, 5.41) is 0. The molecule has 112 valence electrons. The summed E-state index contributed by atoms with van der Waals surface area (Å²) in [5.41, 5.74) is 7.12. The maximum absolute atomic E-state index is 5.68. The van der Waals surface area contributed by atoms with Gasteiger partial charge in [-0.2, -0.15) is 0 Å². The topological polar surface area (TPSA) is 29.3 Å². The van der Waals surface area contributed by atoms with Crippen molar-refractivity contribution < 1.29 is 0 Å². The van der Waals surface area contributed by atoms with Crippen LogP contribution >= 0.6 is 0 Å². The summed E-state index contributed by atoms with van der Waals surface area (Å²) in [6.45, 7) is 6.77. The van der Waals surface area contributed by atoms with E-state index >= 15 is 0 Å². The average molecular weight is 274 g/mol. The quantitative estimate of drug-likeness (QED) is 0.822. The molecule has 0 aliphatic carbocycles. The van der Waals surface area contributed by atoms with Gasteiger partial charge in [-0.1, -0.05) is 50.1 Å². The highest BCUT2D eigenvalue weighted by Crippen LogP contribution is 2.24. The minimum Gasteiger partial charge on any atom is -0.330 e. The van der Waals surface area contributed by atoms with Crippen LogP contribution in [-0.4, -0.2) is 24.5 Å². The second-order valence-electron chi connectivity index (χ2n) is 6.48. The minimum absolute atomic E-state index is 0.702. The lowest BCUT2D eigenvalue weighted by molar-refractivity contribution is 0.169. The Morgan fingerprint density at radius 2 is 1.90 bits per heavy atom. The third kappa shape index (κ3) is 5.26. The van der Waals surface area contributed by atoms with Gasteiger partial charge in [0.1, 0.15) is 0 Å². The number of hydrogen-bond donors (Lipinski definition) is 1. The lowest BCUT2D eigenvalue weighted by Crippen LogP contribution is -2.33. The molecule has 2 nitrogen and oxygen atoms in total. The van der Waals surface area contributed by atoms with E-state index in [4.69, 9.17) is 5.73 Å². The number of hydrogen-bond acceptors (Lipinski definition) is 2. The molecule has 0 bridgehead atoms. The first-order valence-corrected chi connectivity index (χ1v) is 8.24. The molecule has 1 aromatic carbocycles. The van der Waals surface area contributed by atoms with Crippen molar-refractivity contribution in [1.82, 2.24) is 4.90 Å². The Hall–Kier alpha value is -0.860. The van der Waals surface area contributed by atoms with Crippen molar-refractivity contribution >= 4 is 0 Å². The first-order valence-electron chi connectivity index (χ1n) is 8.24. The normalized spacial score (nSPS) is 19.1. The Bertz CT molecular complexity index is 355. The monoisotopic (exact) mass is 274 g/mol. The van der Waals surface area contributed by atoms with Crippen LogP contribution in [0.15, 0.2) is 30.3 Å². The SMILES string of the molecule is CC(CN)CCCC1CCN(Cc2ccccc2)CC1. The van der Waals surface area contributed by atoms with Gasteiger partial charge in [-0.25, -0.2) is 0 Å². The van der Waals surface area contributed by atoms with Gasteiger partial charge in [-0.05, 0) is 56.3 Å². The predicted octanol–water partition coefficient (Wildman–Crippen LogP) is 3.66. The third-order valence-corrected chi connectivity index (χ3v) is 4.67. The summed E-state index contributed by atoms with van der Waals surface area (Å²) in [4.78, 5) is 2.61. The van der Waals surface area contributed by atoms with Crippen molar-refractivity contribution in [1.29, 1.82) is 0 Å². The van der Waals surface area contributed by atoms with Gasteiger partial charge in [0.2, 0.25) is 0 Å². The van der Waals surface area contributed by atoms with Crippen LogP contribution < -0.4 is 5.73 Å². The molecule has 0 aromatic heterocycles. The van der Waals surface area contributed by atoms with Gasteiger partial charge < -0.3 is 5.73 Å². The number of piperidine rings is 1. The molecule has 0 amide bonds. The molecular weight excluding hydrogens is 244 g/mol. The Morgan fingerprint density at radius 1 is 1.20 bits per heavy atom. The molecule has 20 heavy (non-hydrogen) atoms. The van der Waals surface area contributed by atoms with Crippen molar-refractivity contribution in [2.75, 3.05) is 19.6 Å². The molecule has 1 aromatic rings. The van der Waals surface area contributed by atoms with E-state index in [2.05, 4.69) is 42.2 Å². The lowest BCUT2D eigenvalue weighted by Gasteiger charge is -2.32. The molecular formula is C18H30N2. The van der Waals surface area contributed by atoms with E-state index in [1.54, 1.807) is 0 Å². The number of rotatable bonds is 7. The van der Waals surface area contributed by atoms with Crippen molar-refractivity contribution in [2.24, 2.45) is 17.6 Å². The van der Waals surface area contributed by atoms with Gasteiger partial charge in [-0.3, -0.25) is 4.90 Å². The van der Waals surface area contributed by atoms with E-state index in [1.165, 1.54) is 50.8 Å². The number of nitrogens with two attached hydrogens (primary N) is 1. The van der Waals surface area contributed by atoms with E-state index in [-0.39, 0.29) is 0 Å². The van der Waals surface area contributed by atoms with Crippen molar-refractivity contribution in [3.05, 3.63) is 35.9 Å². The molecule has 1 aliphatic heterocycles. The van der Waals surface area contributed by atoms with Crippen LogP contribution in [0.4, 0.5) is 0 Å². The zero-order valence-electron chi connectivity index (χ0n) is 12.9. The highest BCUT2D eigenvalue weighted by Gasteiger charge is 2.18. The average Bonchev–Trinajstić information content (AvgIpc) is 2.50. The first kappa shape index (κ1) is 15.5. The maximum Gasteiger partial charge on any atom is 0.0233 e. The largest absolute Gasteiger partial charge is 0.330 e. The summed E-state index contributed by atoms with van der Waals surface area (Å²) in [6.07, 6.45) is 6.83. The maximum atomic E-state index is 5.68. The fraction of sp³-hybridized carbons (Fsp3) is 0.667. The fourth-order valence-corrected chi connectivity index (χ4v) is 3.15. The van der Waals surface area contributed by atoms with Gasteiger partial charge in [0.05, 0.1) is 0 Å². The molecule has 1 heterocycles. The van der Waals surface area contributed by atoms with Gasteiger partial charge in [0, 0.05) is 6.54 Å². The van der Waals surface area contributed by atoms with Crippen molar-refractivity contribution in [2.45, 2.75) is 45.6 Å². The molecule has 0 spiro atoms. The van der Waals surface area contributed by atoms with Gasteiger partial charge in [0.25, 0.3) is 0 Å². The summed E-state index contributed by atoms with van der Waals surface area (Å²) in [6, 6.07) is 10.8. The smallest absolute Gasteiger partial charge is 0.0233 e. The standard InChI is InChI=1S/C18H30N2/c1-16(14-19)6-5-9-17-10-12-20(13-11-17)15-18-7-3-2-4-8-18/h2-4,7-8,16-17H,5-6,9-15,19H2,1H3. The second-order valence-corrected chi connectivity index (χ2v) is 6.48. The highest BCUT2D eigenvalue weighted by atomic mass is 15.1. The lowest BCUT2D eigenvalue weighted by atomic mass is 9.90. The van der Waals surface area contributed by atoms with E-state index in [9.17, 15) is 0 Å². The fourth-order valence-electron chi connectivity index (χ4n) is 3.15. The van der Waals surface area contributed by atoms with E-state index in [0.717, 1.165) is 19.0 Å². The second kappa shape index (κ2) is 8.43. The summed E-state index contributed by atoms with van der Waals surface area (Å²) in [5.74, 6) is 1.65. The van der Waals surface area contributed by atoms with Crippen LogP contribution in [0.3, 0.4) is 0 Å². The van der Waals surface area contributed by atoms with E-state index in [1.807, 2.05) is 0 Å². The molecule has 0 radical (unpaired) electrons. The van der Waals surface area contributed by atoms with Crippen LogP contribution in [0.1, 0.15) is 44.6 Å². The molecule has 2 N–H and O–H groups in total. The Morgan fingerprint density at radius 3 is 2.55 bits per heavy atom. The third-order valence-electron chi connectivity index (χ3n) is 4.67. The summed E-state index contributed by atoms with van der Waals surface area (Å²) < 4.78 is 0. The van der Waals surface area contributed by atoms with Gasteiger partial charge in [-0.15, -0.1) is 0 Å². The molecule has 1 atom stereocenters. The van der Waals surface area contributed by atoms with Gasteiger partial charge in [0.15, 0.2) is 0 Å². The van der Waals surface area contributed by atoms with Crippen molar-refractivity contribution in [3.63, 3.8) is 0 Å². The highest BCUT2D eigenvalue weighted by molar-refractivity contribution is 5.14. The molecule has 2 heteroatoms. The van der Waals surface area contributed by atoms with Crippen LogP contribution in [0.5, 0.6) is 0 Å². The molecule has 0 saturated carbocycles. The van der Waals surface area contributed by atoms with Gasteiger partial charge >= 0.3 is 0 Å². The Labute approximate surface area is 124 Å². The van der Waals surface area contributed by atoms with E-state index in [0.29, 0.717) is 5.92 Å². The van der Waals surface area contributed by atoms with Crippen LogP contribution in [0, 0.1) is 11.8 Å². The zero-order chi connectivity index (χ0) is 14.2. The summed E-state index contributed by atoms with van der Waals surface area (Å²) >= 11 is 0. The summed E-state index contributed by atoms with van der Waals surface area (Å²) in [7, 11) is 0.